The van der Waals surface area contributed by atoms with Crippen LogP contribution >= 0.6 is 23.1 Å². The zero-order valence-electron chi connectivity index (χ0n) is 11.0. The molecule has 1 unspecified atom stereocenters. The Morgan fingerprint density at radius 1 is 1.58 bits per heavy atom. The highest BCUT2D eigenvalue weighted by molar-refractivity contribution is 7.99. The van der Waals surface area contributed by atoms with E-state index in [0.29, 0.717) is 0 Å². The van der Waals surface area contributed by atoms with Crippen molar-refractivity contribution in [3.05, 3.63) is 28.0 Å². The van der Waals surface area contributed by atoms with Crippen LogP contribution in [0, 0.1) is 13.8 Å². The van der Waals surface area contributed by atoms with Gasteiger partial charge >= 0.3 is 5.97 Å². The molecule has 0 saturated carbocycles. The van der Waals surface area contributed by atoms with E-state index in [1.165, 1.54) is 11.8 Å². The minimum Gasteiger partial charge on any atom is -0.481 e. The highest BCUT2D eigenvalue weighted by Gasteiger charge is 2.18. The second-order valence-corrected chi connectivity index (χ2v) is 6.07. The van der Waals surface area contributed by atoms with Gasteiger partial charge in [-0.3, -0.25) is 4.79 Å². The molecule has 19 heavy (non-hydrogen) atoms. The van der Waals surface area contributed by atoms with Gasteiger partial charge in [0.25, 0.3) is 0 Å². The molecule has 2 heterocycles. The molecule has 0 aromatic carbocycles. The fourth-order valence-corrected chi connectivity index (χ4v) is 3.47. The number of carbonyl (C=O) groups is 1. The topological polar surface area (TPSA) is 68.0 Å². The summed E-state index contributed by atoms with van der Waals surface area (Å²) in [4.78, 5) is 19.4. The lowest BCUT2D eigenvalue weighted by Gasteiger charge is -2.15. The third kappa shape index (κ3) is 3.16. The zero-order chi connectivity index (χ0) is 14.0. The van der Waals surface area contributed by atoms with Gasteiger partial charge in [-0.1, -0.05) is 11.8 Å². The highest BCUT2D eigenvalue weighted by atomic mass is 32.2. The van der Waals surface area contributed by atoms with Crippen molar-refractivity contribution >= 4 is 29.1 Å². The Bertz CT molecular complexity index is 592. The summed E-state index contributed by atoms with van der Waals surface area (Å²) in [6.45, 7) is 5.99. The van der Waals surface area contributed by atoms with Gasteiger partial charge in [0.1, 0.15) is 5.01 Å². The van der Waals surface area contributed by atoms with Crippen LogP contribution in [0.5, 0.6) is 0 Å². The van der Waals surface area contributed by atoms with Gasteiger partial charge in [0, 0.05) is 23.0 Å². The average Bonchev–Trinajstić information content (AvgIpc) is 2.92. The van der Waals surface area contributed by atoms with Crippen LogP contribution in [0.25, 0.3) is 0 Å². The molecule has 7 heteroatoms. The standard InChI is InChI=1S/C12H15N3O2S2/c1-7-5-18-11(14-7)9(3)15-8(2)4-13-12(15)19-6-10(16)17/h4-5,9H,6H2,1-3H3,(H,16,17). The summed E-state index contributed by atoms with van der Waals surface area (Å²) in [5.41, 5.74) is 2.01. The van der Waals surface area contributed by atoms with E-state index in [-0.39, 0.29) is 11.8 Å². The van der Waals surface area contributed by atoms with Crippen molar-refractivity contribution in [2.45, 2.75) is 32.0 Å². The first-order chi connectivity index (χ1) is 8.99. The highest BCUT2D eigenvalue weighted by Crippen LogP contribution is 2.28. The van der Waals surface area contributed by atoms with Gasteiger partial charge in [0.15, 0.2) is 5.16 Å². The van der Waals surface area contributed by atoms with Crippen LogP contribution in [0.1, 0.15) is 29.4 Å². The number of thiazole rings is 1. The summed E-state index contributed by atoms with van der Waals surface area (Å²) in [6, 6.07) is 0.0671. The normalized spacial score (nSPS) is 12.6. The largest absolute Gasteiger partial charge is 0.481 e. The first-order valence-electron chi connectivity index (χ1n) is 5.79. The number of aryl methyl sites for hydroxylation is 2. The maximum Gasteiger partial charge on any atom is 0.313 e. The molecule has 0 aliphatic rings. The molecule has 2 aromatic heterocycles. The summed E-state index contributed by atoms with van der Waals surface area (Å²) in [5, 5.41) is 12.5. The number of hydrogen-bond donors (Lipinski definition) is 1. The monoisotopic (exact) mass is 297 g/mol. The molecular weight excluding hydrogens is 282 g/mol. The Labute approximate surface area is 119 Å². The number of aliphatic carboxylic acids is 1. The first kappa shape index (κ1) is 14.1. The van der Waals surface area contributed by atoms with Crippen LogP contribution in [0.3, 0.4) is 0 Å². The Balaban J connectivity index is 2.27. The number of hydrogen-bond acceptors (Lipinski definition) is 5. The number of rotatable bonds is 5. The van der Waals surface area contributed by atoms with Crippen molar-refractivity contribution in [2.24, 2.45) is 0 Å². The quantitative estimate of drug-likeness (QED) is 0.859. The lowest BCUT2D eigenvalue weighted by molar-refractivity contribution is -0.133. The van der Waals surface area contributed by atoms with E-state index in [0.717, 1.165) is 21.6 Å². The van der Waals surface area contributed by atoms with Gasteiger partial charge < -0.3 is 9.67 Å². The Hall–Kier alpha value is -1.34. The molecule has 0 spiro atoms. The Morgan fingerprint density at radius 3 is 2.89 bits per heavy atom. The number of imidazole rings is 1. The molecule has 0 radical (unpaired) electrons. The summed E-state index contributed by atoms with van der Waals surface area (Å²) in [7, 11) is 0. The predicted molar refractivity (Wildman–Crippen MR) is 76.0 cm³/mol. The number of carboxylic acids is 1. The average molecular weight is 297 g/mol. The van der Waals surface area contributed by atoms with Crippen LogP contribution in [-0.4, -0.2) is 31.4 Å². The van der Waals surface area contributed by atoms with Crippen LogP contribution in [0.15, 0.2) is 16.7 Å². The molecule has 1 atom stereocenters. The molecule has 2 rings (SSSR count). The number of aromatic nitrogens is 3. The lowest BCUT2D eigenvalue weighted by Crippen LogP contribution is -2.10. The molecule has 0 amide bonds. The van der Waals surface area contributed by atoms with E-state index >= 15 is 0 Å². The van der Waals surface area contributed by atoms with E-state index < -0.39 is 5.97 Å². The van der Waals surface area contributed by atoms with Crippen molar-refractivity contribution in [1.82, 2.24) is 14.5 Å². The van der Waals surface area contributed by atoms with E-state index in [2.05, 4.69) is 16.9 Å². The molecular formula is C12H15N3O2S2. The van der Waals surface area contributed by atoms with Gasteiger partial charge in [-0.15, -0.1) is 11.3 Å². The van der Waals surface area contributed by atoms with Crippen LogP contribution in [0.2, 0.25) is 0 Å². The second-order valence-electron chi connectivity index (χ2n) is 4.24. The third-order valence-electron chi connectivity index (χ3n) is 2.65. The molecule has 0 aliphatic carbocycles. The van der Waals surface area contributed by atoms with Crippen LogP contribution < -0.4 is 0 Å². The maximum atomic E-state index is 10.7. The molecule has 0 bridgehead atoms. The van der Waals surface area contributed by atoms with Crippen molar-refractivity contribution in [2.75, 3.05) is 5.75 Å². The minimum atomic E-state index is -0.838. The van der Waals surface area contributed by atoms with Crippen molar-refractivity contribution in [3.8, 4) is 0 Å². The summed E-state index contributed by atoms with van der Waals surface area (Å²) >= 11 is 2.85. The SMILES string of the molecule is Cc1csc(C(C)n2c(C)cnc2SCC(=O)O)n1. The maximum absolute atomic E-state index is 10.7. The Kier molecular flexibility index (Phi) is 4.26. The smallest absolute Gasteiger partial charge is 0.313 e. The van der Waals surface area contributed by atoms with E-state index in [1.54, 1.807) is 17.5 Å². The van der Waals surface area contributed by atoms with Gasteiger partial charge in [0.05, 0.1) is 11.8 Å². The minimum absolute atomic E-state index is 0.0140. The summed E-state index contributed by atoms with van der Waals surface area (Å²) < 4.78 is 2.03. The number of nitrogens with zero attached hydrogens (tertiary/aromatic N) is 3. The van der Waals surface area contributed by atoms with E-state index in [1.807, 2.05) is 23.8 Å². The summed E-state index contributed by atoms with van der Waals surface area (Å²) in [5.74, 6) is -0.824. The first-order valence-corrected chi connectivity index (χ1v) is 7.66. The molecule has 1 N–H and O–H groups in total. The lowest BCUT2D eigenvalue weighted by atomic mass is 10.3. The third-order valence-corrected chi connectivity index (χ3v) is 4.74. The van der Waals surface area contributed by atoms with E-state index in [9.17, 15) is 4.79 Å². The van der Waals surface area contributed by atoms with E-state index in [4.69, 9.17) is 5.11 Å². The van der Waals surface area contributed by atoms with Gasteiger partial charge in [-0.2, -0.15) is 0 Å². The van der Waals surface area contributed by atoms with Crippen LogP contribution in [-0.2, 0) is 4.79 Å². The van der Waals surface area contributed by atoms with Gasteiger partial charge in [-0.05, 0) is 20.8 Å². The molecule has 0 saturated heterocycles. The predicted octanol–water partition coefficient (Wildman–Crippen LogP) is 2.74. The Morgan fingerprint density at radius 2 is 2.32 bits per heavy atom. The zero-order valence-corrected chi connectivity index (χ0v) is 12.6. The van der Waals surface area contributed by atoms with Crippen molar-refractivity contribution in [1.29, 1.82) is 0 Å². The number of carboxylic acid groups (broad SMARTS) is 1. The van der Waals surface area contributed by atoms with Gasteiger partial charge in [-0.25, -0.2) is 9.97 Å². The molecule has 5 nitrogen and oxygen atoms in total. The molecule has 0 fully saturated rings. The fourth-order valence-electron chi connectivity index (χ4n) is 1.80. The van der Waals surface area contributed by atoms with Crippen LogP contribution in [0.4, 0.5) is 0 Å². The van der Waals surface area contributed by atoms with Crippen molar-refractivity contribution < 1.29 is 9.90 Å². The molecule has 0 aliphatic heterocycles. The fraction of sp³-hybridized carbons (Fsp3) is 0.417. The molecule has 2 aromatic rings. The van der Waals surface area contributed by atoms with Gasteiger partial charge in [0.2, 0.25) is 0 Å². The number of thioether (sulfide) groups is 1. The second kappa shape index (κ2) is 5.75. The molecule has 102 valence electrons. The van der Waals surface area contributed by atoms with Crippen molar-refractivity contribution in [3.63, 3.8) is 0 Å². The summed E-state index contributed by atoms with van der Waals surface area (Å²) in [6.07, 6.45) is 1.77.